The van der Waals surface area contributed by atoms with Crippen LogP contribution in [-0.2, 0) is 0 Å². The second-order valence-electron chi connectivity index (χ2n) is 2.08. The molecule has 0 fully saturated rings. The molecule has 0 bridgehead atoms. The fourth-order valence-corrected chi connectivity index (χ4v) is 0.777. The van der Waals surface area contributed by atoms with E-state index in [1.807, 2.05) is 0 Å². The zero-order valence-corrected chi connectivity index (χ0v) is 6.05. The quantitative estimate of drug-likeness (QED) is 0.586. The van der Waals surface area contributed by atoms with Crippen LogP contribution in [0.15, 0.2) is 24.3 Å². The number of rotatable bonds is 2. The van der Waals surface area contributed by atoms with Crippen LogP contribution in [0.25, 0.3) is 0 Å². The van der Waals surface area contributed by atoms with E-state index in [1.165, 1.54) is 19.2 Å². The first-order chi connectivity index (χ1) is 5.24. The molecule has 0 aliphatic carbocycles. The van der Waals surface area contributed by atoms with Gasteiger partial charge in [0, 0.05) is 0 Å². The van der Waals surface area contributed by atoms with Gasteiger partial charge in [0.2, 0.25) is 0 Å². The molecule has 0 aliphatic heterocycles. The van der Waals surface area contributed by atoms with Crippen LogP contribution in [0.5, 0.6) is 5.75 Å². The predicted octanol–water partition coefficient (Wildman–Crippen LogP) is 1.33. The van der Waals surface area contributed by atoms with Crippen LogP contribution in [0.2, 0.25) is 0 Å². The highest BCUT2D eigenvalue weighted by atomic mass is 19.2. The van der Waals surface area contributed by atoms with Crippen molar-refractivity contribution >= 4 is 12.7 Å². The van der Waals surface area contributed by atoms with Gasteiger partial charge in [-0.1, -0.05) is 12.1 Å². The summed E-state index contributed by atoms with van der Waals surface area (Å²) in [5.41, 5.74) is -0.00986. The summed E-state index contributed by atoms with van der Waals surface area (Å²) >= 11 is 0. The number of halogens is 2. The van der Waals surface area contributed by atoms with Crippen LogP contribution in [-0.4, -0.2) is 14.4 Å². The van der Waals surface area contributed by atoms with Crippen LogP contribution in [0.1, 0.15) is 0 Å². The van der Waals surface area contributed by atoms with E-state index < -0.39 is 7.27 Å². The van der Waals surface area contributed by atoms with Gasteiger partial charge in [-0.25, -0.2) is 0 Å². The Kier molecular flexibility index (Phi) is 2.46. The van der Waals surface area contributed by atoms with Crippen LogP contribution in [0.4, 0.5) is 8.63 Å². The number of hydrogen-bond acceptors (Lipinski definition) is 1. The van der Waals surface area contributed by atoms with Gasteiger partial charge in [-0.05, 0) is 17.6 Å². The smallest absolute Gasteiger partial charge is 0.497 e. The van der Waals surface area contributed by atoms with Crippen molar-refractivity contribution in [2.45, 2.75) is 0 Å². The molecule has 0 radical (unpaired) electrons. The van der Waals surface area contributed by atoms with E-state index in [0.29, 0.717) is 5.75 Å². The predicted molar refractivity (Wildman–Crippen MR) is 40.6 cm³/mol. The molecule has 0 aromatic heterocycles. The van der Waals surface area contributed by atoms with Crippen LogP contribution >= 0.6 is 0 Å². The summed E-state index contributed by atoms with van der Waals surface area (Å²) in [6, 6.07) is 5.87. The SMILES string of the molecule is COc1cccc(B(F)F)c1. The summed E-state index contributed by atoms with van der Waals surface area (Å²) in [7, 11) is -0.977. The van der Waals surface area contributed by atoms with E-state index in [4.69, 9.17) is 4.74 Å². The average molecular weight is 156 g/mol. The second-order valence-corrected chi connectivity index (χ2v) is 2.08. The fraction of sp³-hybridized carbons (Fsp3) is 0.143. The van der Waals surface area contributed by atoms with Crippen molar-refractivity contribution in [3.63, 3.8) is 0 Å². The van der Waals surface area contributed by atoms with Crippen molar-refractivity contribution in [1.82, 2.24) is 0 Å². The Morgan fingerprint density at radius 2 is 2.09 bits per heavy atom. The second kappa shape index (κ2) is 3.37. The van der Waals surface area contributed by atoms with Crippen molar-refractivity contribution < 1.29 is 13.4 Å². The summed E-state index contributed by atoms with van der Waals surface area (Å²) in [6.07, 6.45) is 0. The lowest BCUT2D eigenvalue weighted by atomic mass is 9.86. The van der Waals surface area contributed by atoms with Gasteiger partial charge in [0.05, 0.1) is 7.11 Å². The molecule has 4 heteroatoms. The molecule has 0 heterocycles. The first-order valence-corrected chi connectivity index (χ1v) is 3.16. The van der Waals surface area contributed by atoms with E-state index in [9.17, 15) is 8.63 Å². The van der Waals surface area contributed by atoms with Gasteiger partial charge in [0.15, 0.2) is 0 Å². The minimum absolute atomic E-state index is 0.00986. The van der Waals surface area contributed by atoms with Crippen molar-refractivity contribution in [3.05, 3.63) is 24.3 Å². The van der Waals surface area contributed by atoms with Crippen LogP contribution in [0, 0.1) is 0 Å². The van der Waals surface area contributed by atoms with E-state index in [2.05, 4.69) is 0 Å². The van der Waals surface area contributed by atoms with Gasteiger partial charge < -0.3 is 4.74 Å². The lowest BCUT2D eigenvalue weighted by molar-refractivity contribution is 0.415. The highest BCUT2D eigenvalue weighted by molar-refractivity contribution is 6.60. The van der Waals surface area contributed by atoms with Crippen molar-refractivity contribution in [2.24, 2.45) is 0 Å². The summed E-state index contributed by atoms with van der Waals surface area (Å²) in [4.78, 5) is 0. The summed E-state index contributed by atoms with van der Waals surface area (Å²) in [6.45, 7) is 0. The molecule has 0 N–H and O–H groups in total. The van der Waals surface area contributed by atoms with Gasteiger partial charge in [-0.15, -0.1) is 0 Å². The highest BCUT2D eigenvalue weighted by Gasteiger charge is 2.15. The molecular formula is C7H7BF2O. The zero-order chi connectivity index (χ0) is 8.27. The Morgan fingerprint density at radius 3 is 2.64 bits per heavy atom. The largest absolute Gasteiger partial charge is 0.572 e. The molecule has 0 amide bonds. The summed E-state index contributed by atoms with van der Waals surface area (Å²) in [5.74, 6) is 0.461. The van der Waals surface area contributed by atoms with Crippen molar-refractivity contribution in [1.29, 1.82) is 0 Å². The third-order valence-corrected chi connectivity index (χ3v) is 1.35. The molecule has 0 atom stereocenters. The molecular weight excluding hydrogens is 149 g/mol. The summed E-state index contributed by atoms with van der Waals surface area (Å²) in [5, 5.41) is 0. The molecule has 1 rings (SSSR count). The Labute approximate surface area is 64.2 Å². The standard InChI is InChI=1S/C7H7BF2O/c1-11-7-4-2-3-6(5-7)8(9)10/h2-5H,1H3. The molecule has 0 aliphatic rings. The highest BCUT2D eigenvalue weighted by Crippen LogP contribution is 2.06. The molecule has 11 heavy (non-hydrogen) atoms. The van der Waals surface area contributed by atoms with E-state index in [0.717, 1.165) is 0 Å². The molecule has 0 saturated carbocycles. The third kappa shape index (κ3) is 1.93. The summed E-state index contributed by atoms with van der Waals surface area (Å²) < 4.78 is 28.8. The molecule has 0 unspecified atom stereocenters. The number of benzene rings is 1. The Morgan fingerprint density at radius 1 is 1.36 bits per heavy atom. The topological polar surface area (TPSA) is 9.23 Å². The molecule has 58 valence electrons. The Bertz CT molecular complexity index is 240. The molecule has 1 nitrogen and oxygen atoms in total. The Hall–Kier alpha value is -1.06. The minimum atomic E-state index is -2.43. The molecule has 0 saturated heterocycles. The molecule has 1 aromatic rings. The molecule has 0 spiro atoms. The minimum Gasteiger partial charge on any atom is -0.497 e. The maximum Gasteiger partial charge on any atom is 0.572 e. The average Bonchev–Trinajstić information content (AvgIpc) is 2.05. The van der Waals surface area contributed by atoms with Crippen LogP contribution in [0.3, 0.4) is 0 Å². The monoisotopic (exact) mass is 156 g/mol. The lowest BCUT2D eigenvalue weighted by Crippen LogP contribution is -2.19. The first-order valence-electron chi connectivity index (χ1n) is 3.16. The zero-order valence-electron chi connectivity index (χ0n) is 6.05. The third-order valence-electron chi connectivity index (χ3n) is 1.35. The van der Waals surface area contributed by atoms with Crippen molar-refractivity contribution in [2.75, 3.05) is 7.11 Å². The number of hydrogen-bond donors (Lipinski definition) is 0. The van der Waals surface area contributed by atoms with Gasteiger partial charge in [0.25, 0.3) is 0 Å². The van der Waals surface area contributed by atoms with E-state index in [1.54, 1.807) is 12.1 Å². The maximum atomic E-state index is 12.0. The van der Waals surface area contributed by atoms with E-state index >= 15 is 0 Å². The fourth-order valence-electron chi connectivity index (χ4n) is 0.777. The van der Waals surface area contributed by atoms with Gasteiger partial charge in [-0.2, -0.15) is 0 Å². The first kappa shape index (κ1) is 8.05. The van der Waals surface area contributed by atoms with Gasteiger partial charge in [-0.3, -0.25) is 8.63 Å². The van der Waals surface area contributed by atoms with Gasteiger partial charge in [0.1, 0.15) is 5.75 Å². The molecule has 1 aromatic carbocycles. The van der Waals surface area contributed by atoms with Gasteiger partial charge >= 0.3 is 7.27 Å². The number of ether oxygens (including phenoxy) is 1. The Balaban J connectivity index is 2.91. The normalized spacial score (nSPS) is 9.36. The maximum absolute atomic E-state index is 12.0. The van der Waals surface area contributed by atoms with Crippen LogP contribution < -0.4 is 10.2 Å². The van der Waals surface area contributed by atoms with Crippen molar-refractivity contribution in [3.8, 4) is 5.75 Å². The lowest BCUT2D eigenvalue weighted by Gasteiger charge is -2.00. The van der Waals surface area contributed by atoms with E-state index in [-0.39, 0.29) is 5.46 Å². The number of methoxy groups -OCH3 is 1.